The van der Waals surface area contributed by atoms with Gasteiger partial charge in [0.1, 0.15) is 10.0 Å². The molecule has 1 fully saturated rings. The van der Waals surface area contributed by atoms with Crippen molar-refractivity contribution in [3.8, 4) is 10.6 Å². The van der Waals surface area contributed by atoms with Crippen LogP contribution < -0.4 is 5.32 Å². The molecule has 2 aliphatic heterocycles. The fourth-order valence-electron chi connectivity index (χ4n) is 5.45. The molecule has 2 aromatic carbocycles. The van der Waals surface area contributed by atoms with Crippen LogP contribution in [0.1, 0.15) is 53.4 Å². The Kier molecular flexibility index (Phi) is 8.30. The maximum absolute atomic E-state index is 13.5. The molecule has 0 bridgehead atoms. The normalized spacial score (nSPS) is 16.2. The van der Waals surface area contributed by atoms with Crippen LogP contribution in [0.5, 0.6) is 0 Å². The van der Waals surface area contributed by atoms with Crippen molar-refractivity contribution in [2.75, 3.05) is 31.6 Å². The molecule has 0 saturated carbocycles. The first-order chi connectivity index (χ1) is 20.3. The second-order valence-corrected chi connectivity index (χ2v) is 14.4. The Morgan fingerprint density at radius 1 is 0.976 bits per heavy atom. The van der Waals surface area contributed by atoms with Crippen molar-refractivity contribution < 1.29 is 22.7 Å². The Labute approximate surface area is 253 Å². The third-order valence-corrected chi connectivity index (χ3v) is 11.7. The number of thiazole rings is 1. The molecule has 2 amide bonds. The molecule has 0 unspecified atom stereocenters. The van der Waals surface area contributed by atoms with Crippen LogP contribution in [0.3, 0.4) is 0 Å². The van der Waals surface area contributed by atoms with Crippen molar-refractivity contribution in [1.82, 2.24) is 14.2 Å². The highest BCUT2D eigenvalue weighted by Gasteiger charge is 2.30. The number of sulfonamides is 1. The van der Waals surface area contributed by atoms with Gasteiger partial charge in [-0.15, -0.1) is 22.7 Å². The van der Waals surface area contributed by atoms with Crippen molar-refractivity contribution in [2.24, 2.45) is 0 Å². The van der Waals surface area contributed by atoms with E-state index in [1.165, 1.54) is 23.5 Å². The van der Waals surface area contributed by atoms with Crippen molar-refractivity contribution in [3.63, 3.8) is 0 Å². The lowest BCUT2D eigenvalue weighted by Gasteiger charge is -2.26. The number of ether oxygens (including phenoxy) is 1. The average Bonchev–Trinajstić information content (AvgIpc) is 3.45. The van der Waals surface area contributed by atoms with Gasteiger partial charge in [-0.3, -0.25) is 4.79 Å². The number of benzene rings is 2. The summed E-state index contributed by atoms with van der Waals surface area (Å²) in [5, 5.41) is 4.55. The van der Waals surface area contributed by atoms with E-state index in [0.29, 0.717) is 49.8 Å². The van der Waals surface area contributed by atoms with Gasteiger partial charge in [0.05, 0.1) is 28.3 Å². The molecule has 1 N–H and O–H groups in total. The monoisotopic (exact) mass is 624 g/mol. The van der Waals surface area contributed by atoms with E-state index in [-0.39, 0.29) is 16.9 Å². The van der Waals surface area contributed by atoms with Gasteiger partial charge in [-0.2, -0.15) is 4.31 Å². The Bertz CT molecular complexity index is 1690. The Hall–Kier alpha value is -3.32. The smallest absolute Gasteiger partial charge is 0.410 e. The summed E-state index contributed by atoms with van der Waals surface area (Å²) >= 11 is 3.01. The first-order valence-electron chi connectivity index (χ1n) is 14.2. The van der Waals surface area contributed by atoms with Crippen molar-refractivity contribution in [3.05, 3.63) is 64.5 Å². The van der Waals surface area contributed by atoms with Crippen molar-refractivity contribution in [1.29, 1.82) is 0 Å². The summed E-state index contributed by atoms with van der Waals surface area (Å²) < 4.78 is 34.2. The predicted molar refractivity (Wildman–Crippen MR) is 166 cm³/mol. The number of amides is 2. The van der Waals surface area contributed by atoms with Crippen LogP contribution in [0, 0.1) is 0 Å². The molecular weight excluding hydrogens is 593 g/mol. The summed E-state index contributed by atoms with van der Waals surface area (Å²) in [6, 6.07) is 14.1. The molecule has 4 aromatic rings. The molecule has 2 aliphatic rings. The van der Waals surface area contributed by atoms with Crippen LogP contribution >= 0.6 is 22.7 Å². The molecule has 220 valence electrons. The van der Waals surface area contributed by atoms with E-state index in [1.807, 2.05) is 24.3 Å². The number of hydrogen-bond donors (Lipinski definition) is 1. The topological polar surface area (TPSA) is 109 Å². The van der Waals surface area contributed by atoms with Crippen LogP contribution in [0.4, 0.5) is 9.80 Å². The van der Waals surface area contributed by atoms with Crippen LogP contribution in [-0.2, 0) is 27.7 Å². The molecular formula is C30H32N4O5S3. The number of carbonyl (C=O) groups excluding carboxylic acids is 2. The molecule has 4 heterocycles. The fourth-order valence-corrected chi connectivity index (χ4v) is 9.34. The first-order valence-corrected chi connectivity index (χ1v) is 17.3. The summed E-state index contributed by atoms with van der Waals surface area (Å²) in [6.45, 7) is 4.05. The number of para-hydroxylation sites is 1. The predicted octanol–water partition coefficient (Wildman–Crippen LogP) is 6.36. The van der Waals surface area contributed by atoms with E-state index in [1.54, 1.807) is 39.6 Å². The lowest BCUT2D eigenvalue weighted by molar-refractivity contribution is 0.102. The van der Waals surface area contributed by atoms with Crippen LogP contribution in [0.2, 0.25) is 0 Å². The molecule has 0 aliphatic carbocycles. The lowest BCUT2D eigenvalue weighted by Crippen LogP contribution is -2.35. The number of hydrogen-bond acceptors (Lipinski definition) is 8. The van der Waals surface area contributed by atoms with Crippen molar-refractivity contribution in [2.45, 2.75) is 50.5 Å². The number of fused-ring (bicyclic) bond motifs is 2. The number of carbonyl (C=O) groups is 2. The number of nitrogens with one attached hydrogen (secondary N) is 1. The van der Waals surface area contributed by atoms with E-state index in [2.05, 4.69) is 5.32 Å². The Morgan fingerprint density at radius 2 is 1.71 bits per heavy atom. The van der Waals surface area contributed by atoms with Gasteiger partial charge in [-0.05, 0) is 68.1 Å². The van der Waals surface area contributed by atoms with Crippen molar-refractivity contribution >= 4 is 59.9 Å². The first kappa shape index (κ1) is 28.8. The van der Waals surface area contributed by atoms with Gasteiger partial charge in [-0.25, -0.2) is 18.2 Å². The molecule has 0 spiro atoms. The molecule has 2 aromatic heterocycles. The molecule has 0 radical (unpaired) electrons. The second-order valence-electron chi connectivity index (χ2n) is 10.4. The summed E-state index contributed by atoms with van der Waals surface area (Å²) in [7, 11) is -3.61. The van der Waals surface area contributed by atoms with Crippen LogP contribution in [0.25, 0.3) is 20.8 Å². The zero-order chi connectivity index (χ0) is 29.3. The third kappa shape index (κ3) is 5.68. The summed E-state index contributed by atoms with van der Waals surface area (Å²) in [6.07, 6.45) is 4.07. The zero-order valence-electron chi connectivity index (χ0n) is 23.3. The molecule has 1 saturated heterocycles. The lowest BCUT2D eigenvalue weighted by atomic mass is 10.0. The average molecular weight is 625 g/mol. The zero-order valence-corrected chi connectivity index (χ0v) is 25.7. The standard InChI is InChI=1S/C30H32N4O5S3/c1-2-39-30(36)33-18-15-22-25(19-33)41-29(26(22)28-31-23-9-5-6-10-24(23)40-28)32-27(35)20-11-13-21(14-12-20)42(37,38)34-16-7-3-4-8-17-34/h5-6,9-14H,2-4,7-8,15-19H2,1H3,(H,32,35). The van der Waals surface area contributed by atoms with E-state index in [4.69, 9.17) is 9.72 Å². The van der Waals surface area contributed by atoms with E-state index >= 15 is 0 Å². The number of nitrogens with zero attached hydrogens (tertiary/aromatic N) is 3. The van der Waals surface area contributed by atoms with E-state index in [9.17, 15) is 18.0 Å². The number of thiophene rings is 1. The highest BCUT2D eigenvalue weighted by Crippen LogP contribution is 2.46. The molecule has 12 heteroatoms. The van der Waals surface area contributed by atoms with Gasteiger partial charge < -0.3 is 15.0 Å². The minimum atomic E-state index is -3.61. The number of rotatable bonds is 6. The number of anilines is 1. The maximum atomic E-state index is 13.5. The van der Waals surface area contributed by atoms with Gasteiger partial charge in [0.15, 0.2) is 0 Å². The van der Waals surface area contributed by atoms with Gasteiger partial charge in [0.25, 0.3) is 5.91 Å². The SMILES string of the molecule is CCOC(=O)N1CCc2c(sc(NC(=O)c3ccc(S(=O)(=O)N4CCCCCC4)cc3)c2-c2nc3ccccc3s2)C1. The summed E-state index contributed by atoms with van der Waals surface area (Å²) in [5.74, 6) is -0.336. The quantitative estimate of drug-likeness (QED) is 0.268. The van der Waals surface area contributed by atoms with E-state index < -0.39 is 10.0 Å². The minimum Gasteiger partial charge on any atom is -0.450 e. The second kappa shape index (κ2) is 12.1. The number of aromatic nitrogens is 1. The summed E-state index contributed by atoms with van der Waals surface area (Å²) in [5.41, 5.74) is 3.21. The van der Waals surface area contributed by atoms with Crippen LogP contribution in [0.15, 0.2) is 53.4 Å². The van der Waals surface area contributed by atoms with Gasteiger partial charge in [-0.1, -0.05) is 25.0 Å². The largest absolute Gasteiger partial charge is 0.450 e. The Morgan fingerprint density at radius 3 is 2.43 bits per heavy atom. The molecule has 42 heavy (non-hydrogen) atoms. The van der Waals surface area contributed by atoms with E-state index in [0.717, 1.165) is 56.9 Å². The highest BCUT2D eigenvalue weighted by molar-refractivity contribution is 7.89. The highest BCUT2D eigenvalue weighted by atomic mass is 32.2. The molecule has 9 nitrogen and oxygen atoms in total. The minimum absolute atomic E-state index is 0.196. The Balaban J connectivity index is 1.29. The van der Waals surface area contributed by atoms with Gasteiger partial charge >= 0.3 is 6.09 Å². The fraction of sp³-hybridized carbons (Fsp3) is 0.367. The van der Waals surface area contributed by atoms with Gasteiger partial charge in [0.2, 0.25) is 10.0 Å². The van der Waals surface area contributed by atoms with Crippen LogP contribution in [-0.4, -0.2) is 60.8 Å². The third-order valence-electron chi connectivity index (χ3n) is 7.64. The molecule has 6 rings (SSSR count). The maximum Gasteiger partial charge on any atom is 0.410 e. The van der Waals surface area contributed by atoms with Gasteiger partial charge in [0, 0.05) is 35.6 Å². The molecule has 0 atom stereocenters. The summed E-state index contributed by atoms with van der Waals surface area (Å²) in [4.78, 5) is 33.7.